The molecule has 1 amide bonds. The fourth-order valence-electron chi connectivity index (χ4n) is 3.81. The zero-order chi connectivity index (χ0) is 24.8. The number of carboxylic acids is 1. The first-order chi connectivity index (χ1) is 16.2. The SMILES string of the molecule is COc1ccc(CC(OC(C)C)C(=O)O)cc1C(C)NC(=O)c1cnc(-c2ccccc2)n1C. The molecule has 0 spiro atoms. The summed E-state index contributed by atoms with van der Waals surface area (Å²) in [5.41, 5.74) is 2.87. The number of carboxylic acid groups (broad SMARTS) is 1. The number of aromatic nitrogens is 2. The number of amides is 1. The highest BCUT2D eigenvalue weighted by molar-refractivity contribution is 5.93. The van der Waals surface area contributed by atoms with Crippen molar-refractivity contribution >= 4 is 11.9 Å². The number of carbonyl (C=O) groups excluding carboxylic acids is 1. The van der Waals surface area contributed by atoms with E-state index in [1.807, 2.05) is 49.4 Å². The van der Waals surface area contributed by atoms with Crippen LogP contribution in [0.2, 0.25) is 0 Å². The van der Waals surface area contributed by atoms with Gasteiger partial charge in [0.1, 0.15) is 17.3 Å². The molecule has 0 radical (unpaired) electrons. The Morgan fingerprint density at radius 3 is 2.44 bits per heavy atom. The normalized spacial score (nSPS) is 12.9. The predicted molar refractivity (Wildman–Crippen MR) is 129 cm³/mol. The van der Waals surface area contributed by atoms with Crippen LogP contribution in [0.1, 0.15) is 48.4 Å². The quantitative estimate of drug-likeness (QED) is 0.469. The summed E-state index contributed by atoms with van der Waals surface area (Å²) >= 11 is 0. The minimum absolute atomic E-state index is 0.202. The number of imidazole rings is 1. The number of methoxy groups -OCH3 is 1. The number of hydrogen-bond donors (Lipinski definition) is 2. The van der Waals surface area contributed by atoms with Crippen LogP contribution in [-0.2, 0) is 23.0 Å². The van der Waals surface area contributed by atoms with E-state index in [9.17, 15) is 14.7 Å². The summed E-state index contributed by atoms with van der Waals surface area (Å²) in [6, 6.07) is 14.7. The fourth-order valence-corrected chi connectivity index (χ4v) is 3.81. The zero-order valence-corrected chi connectivity index (χ0v) is 20.1. The molecule has 180 valence electrons. The smallest absolute Gasteiger partial charge is 0.333 e. The second-order valence-electron chi connectivity index (χ2n) is 8.38. The summed E-state index contributed by atoms with van der Waals surface area (Å²) in [5, 5.41) is 12.5. The van der Waals surface area contributed by atoms with Crippen LogP contribution < -0.4 is 10.1 Å². The Kier molecular flexibility index (Phi) is 8.07. The van der Waals surface area contributed by atoms with Gasteiger partial charge in [-0.25, -0.2) is 9.78 Å². The Balaban J connectivity index is 1.80. The van der Waals surface area contributed by atoms with Gasteiger partial charge in [-0.2, -0.15) is 0 Å². The van der Waals surface area contributed by atoms with Crippen molar-refractivity contribution < 1.29 is 24.2 Å². The molecule has 0 aliphatic rings. The topological polar surface area (TPSA) is 103 Å². The third kappa shape index (κ3) is 5.82. The minimum Gasteiger partial charge on any atom is -0.496 e. The number of benzene rings is 2. The third-order valence-electron chi connectivity index (χ3n) is 5.49. The molecule has 3 rings (SSSR count). The van der Waals surface area contributed by atoms with Gasteiger partial charge in [-0.05, 0) is 38.5 Å². The molecule has 1 aromatic heterocycles. The summed E-state index contributed by atoms with van der Waals surface area (Å²) in [4.78, 5) is 29.1. The molecule has 8 heteroatoms. The summed E-state index contributed by atoms with van der Waals surface area (Å²) in [7, 11) is 3.36. The van der Waals surface area contributed by atoms with Gasteiger partial charge in [0.05, 0.1) is 25.5 Å². The first kappa shape index (κ1) is 25.0. The van der Waals surface area contributed by atoms with Gasteiger partial charge in [0.2, 0.25) is 0 Å². The van der Waals surface area contributed by atoms with Crippen LogP contribution in [-0.4, -0.2) is 45.9 Å². The van der Waals surface area contributed by atoms with Crippen LogP contribution in [0.15, 0.2) is 54.7 Å². The molecule has 0 saturated heterocycles. The molecule has 8 nitrogen and oxygen atoms in total. The Labute approximate surface area is 199 Å². The number of carbonyl (C=O) groups is 2. The van der Waals surface area contributed by atoms with Crippen LogP contribution in [0.3, 0.4) is 0 Å². The largest absolute Gasteiger partial charge is 0.496 e. The van der Waals surface area contributed by atoms with Gasteiger partial charge < -0.3 is 24.5 Å². The molecule has 2 unspecified atom stereocenters. The molecule has 1 heterocycles. The first-order valence-corrected chi connectivity index (χ1v) is 11.1. The van der Waals surface area contributed by atoms with Crippen LogP contribution in [0.25, 0.3) is 11.4 Å². The number of nitrogens with zero attached hydrogens (tertiary/aromatic N) is 2. The van der Waals surface area contributed by atoms with Gasteiger partial charge >= 0.3 is 5.97 Å². The lowest BCUT2D eigenvalue weighted by atomic mass is 10.00. The molecule has 0 aliphatic carbocycles. The highest BCUT2D eigenvalue weighted by Gasteiger charge is 2.23. The predicted octanol–water partition coefficient (Wildman–Crippen LogP) is 4.01. The van der Waals surface area contributed by atoms with E-state index < -0.39 is 18.1 Å². The van der Waals surface area contributed by atoms with Crippen molar-refractivity contribution in [2.24, 2.45) is 7.05 Å². The summed E-state index contributed by atoms with van der Waals surface area (Å²) in [6.45, 7) is 5.45. The maximum atomic E-state index is 13.1. The second-order valence-corrected chi connectivity index (χ2v) is 8.38. The highest BCUT2D eigenvalue weighted by atomic mass is 16.5. The van der Waals surface area contributed by atoms with E-state index in [4.69, 9.17) is 9.47 Å². The molecule has 0 aliphatic heterocycles. The van der Waals surface area contributed by atoms with Crippen molar-refractivity contribution in [3.8, 4) is 17.1 Å². The Bertz CT molecular complexity index is 1140. The molecule has 0 saturated carbocycles. The lowest BCUT2D eigenvalue weighted by Gasteiger charge is -2.20. The van der Waals surface area contributed by atoms with Crippen LogP contribution in [0.5, 0.6) is 5.75 Å². The minimum atomic E-state index is -1.02. The second kappa shape index (κ2) is 11.0. The van der Waals surface area contributed by atoms with Gasteiger partial charge in [-0.1, -0.05) is 36.4 Å². The van der Waals surface area contributed by atoms with Gasteiger partial charge in [0, 0.05) is 24.6 Å². The lowest BCUT2D eigenvalue weighted by molar-refractivity contribution is -0.153. The van der Waals surface area contributed by atoms with E-state index in [1.165, 1.54) is 0 Å². The molecule has 0 bridgehead atoms. The summed E-state index contributed by atoms with van der Waals surface area (Å²) in [6.07, 6.45) is 0.584. The van der Waals surface area contributed by atoms with Crippen molar-refractivity contribution in [2.75, 3.05) is 7.11 Å². The molecular weight excluding hydrogens is 434 g/mol. The Morgan fingerprint density at radius 1 is 1.12 bits per heavy atom. The number of nitrogens with one attached hydrogen (secondary N) is 1. The number of rotatable bonds is 10. The average molecular weight is 466 g/mol. The maximum Gasteiger partial charge on any atom is 0.333 e. The lowest BCUT2D eigenvalue weighted by Crippen LogP contribution is -2.30. The van der Waals surface area contributed by atoms with E-state index in [2.05, 4.69) is 10.3 Å². The van der Waals surface area contributed by atoms with Crippen LogP contribution in [0, 0.1) is 0 Å². The van der Waals surface area contributed by atoms with E-state index in [-0.39, 0.29) is 18.4 Å². The average Bonchev–Trinajstić information content (AvgIpc) is 3.20. The molecule has 34 heavy (non-hydrogen) atoms. The van der Waals surface area contributed by atoms with E-state index in [0.717, 1.165) is 16.7 Å². The summed E-state index contributed by atoms with van der Waals surface area (Å²) < 4.78 is 12.8. The number of hydrogen-bond acceptors (Lipinski definition) is 5. The molecule has 0 fully saturated rings. The van der Waals surface area contributed by atoms with Crippen molar-refractivity contribution in [3.05, 3.63) is 71.5 Å². The van der Waals surface area contributed by atoms with Gasteiger partial charge in [0.25, 0.3) is 5.91 Å². The fraction of sp³-hybridized carbons (Fsp3) is 0.346. The monoisotopic (exact) mass is 465 g/mol. The summed E-state index contributed by atoms with van der Waals surface area (Å²) in [5.74, 6) is 0.00701. The van der Waals surface area contributed by atoms with Crippen LogP contribution >= 0.6 is 0 Å². The Hall–Kier alpha value is -3.65. The number of aliphatic carboxylic acids is 1. The van der Waals surface area contributed by atoms with Crippen molar-refractivity contribution in [1.82, 2.24) is 14.9 Å². The van der Waals surface area contributed by atoms with Crippen molar-refractivity contribution in [2.45, 2.75) is 45.4 Å². The molecular formula is C26H31N3O5. The van der Waals surface area contributed by atoms with Gasteiger partial charge in [0.15, 0.2) is 6.10 Å². The van der Waals surface area contributed by atoms with E-state index >= 15 is 0 Å². The number of ether oxygens (including phenoxy) is 2. The third-order valence-corrected chi connectivity index (χ3v) is 5.49. The Morgan fingerprint density at radius 2 is 1.82 bits per heavy atom. The standard InChI is InChI=1S/C26H31N3O5/c1-16(2)34-23(26(31)32)14-18-11-12-22(33-5)20(13-18)17(3)28-25(30)21-15-27-24(29(21)4)19-9-7-6-8-10-19/h6-13,15-17,23H,14H2,1-5H3,(H,28,30)(H,31,32). The molecule has 2 N–H and O–H groups in total. The van der Waals surface area contributed by atoms with E-state index in [0.29, 0.717) is 17.3 Å². The molecule has 3 aromatic rings. The maximum absolute atomic E-state index is 13.1. The van der Waals surface area contributed by atoms with Gasteiger partial charge in [-0.3, -0.25) is 4.79 Å². The van der Waals surface area contributed by atoms with E-state index in [1.54, 1.807) is 44.8 Å². The zero-order valence-electron chi connectivity index (χ0n) is 20.1. The van der Waals surface area contributed by atoms with Crippen molar-refractivity contribution in [3.63, 3.8) is 0 Å². The first-order valence-electron chi connectivity index (χ1n) is 11.1. The molecule has 2 aromatic carbocycles. The van der Waals surface area contributed by atoms with Gasteiger partial charge in [-0.15, -0.1) is 0 Å². The van der Waals surface area contributed by atoms with Crippen molar-refractivity contribution in [1.29, 1.82) is 0 Å². The molecule has 2 atom stereocenters. The highest BCUT2D eigenvalue weighted by Crippen LogP contribution is 2.28. The van der Waals surface area contributed by atoms with Crippen LogP contribution in [0.4, 0.5) is 0 Å².